The molecule has 3 heterocycles. The van der Waals surface area contributed by atoms with E-state index in [9.17, 15) is 4.79 Å². The molecule has 94 valence electrons. The molecule has 1 saturated heterocycles. The van der Waals surface area contributed by atoms with Crippen LogP contribution in [0.5, 0.6) is 0 Å². The number of hydrogen-bond donors (Lipinski definition) is 1. The number of carbonyl (C=O) groups is 1. The zero-order valence-corrected chi connectivity index (χ0v) is 10.6. The van der Waals surface area contributed by atoms with Crippen molar-refractivity contribution in [1.29, 1.82) is 0 Å². The molecule has 0 aliphatic carbocycles. The Morgan fingerprint density at radius 1 is 1.56 bits per heavy atom. The van der Waals surface area contributed by atoms with Crippen molar-refractivity contribution >= 4 is 33.5 Å². The second kappa shape index (κ2) is 4.16. The van der Waals surface area contributed by atoms with Crippen molar-refractivity contribution < 1.29 is 9.90 Å². The fourth-order valence-electron chi connectivity index (χ4n) is 2.26. The van der Waals surface area contributed by atoms with E-state index in [1.165, 1.54) is 11.5 Å². The number of anilines is 1. The molecule has 0 unspecified atom stereocenters. The second-order valence-electron chi connectivity index (χ2n) is 4.51. The van der Waals surface area contributed by atoms with E-state index < -0.39 is 5.97 Å². The van der Waals surface area contributed by atoms with Gasteiger partial charge in [-0.3, -0.25) is 4.79 Å². The van der Waals surface area contributed by atoms with E-state index in [1.807, 2.05) is 6.92 Å². The van der Waals surface area contributed by atoms with Crippen LogP contribution < -0.4 is 4.90 Å². The minimum Gasteiger partial charge on any atom is -0.481 e. The summed E-state index contributed by atoms with van der Waals surface area (Å²) < 4.78 is 4.28. The van der Waals surface area contributed by atoms with Gasteiger partial charge in [-0.15, -0.1) is 0 Å². The van der Waals surface area contributed by atoms with Crippen molar-refractivity contribution in [3.05, 3.63) is 12.0 Å². The van der Waals surface area contributed by atoms with E-state index in [0.717, 1.165) is 34.8 Å². The average molecular weight is 264 g/mol. The van der Waals surface area contributed by atoms with E-state index in [-0.39, 0.29) is 12.3 Å². The largest absolute Gasteiger partial charge is 0.481 e. The molecule has 6 nitrogen and oxygen atoms in total. The van der Waals surface area contributed by atoms with Crippen LogP contribution in [0.1, 0.15) is 12.1 Å². The average Bonchev–Trinajstić information content (AvgIpc) is 2.65. The highest BCUT2D eigenvalue weighted by Crippen LogP contribution is 2.33. The molecule has 1 fully saturated rings. The Kier molecular flexibility index (Phi) is 2.62. The molecule has 7 heteroatoms. The zero-order valence-electron chi connectivity index (χ0n) is 9.83. The quantitative estimate of drug-likeness (QED) is 0.900. The molecule has 2 aromatic heterocycles. The van der Waals surface area contributed by atoms with E-state index in [1.54, 1.807) is 6.33 Å². The third-order valence-electron chi connectivity index (χ3n) is 3.14. The molecule has 1 aliphatic rings. The first-order valence-electron chi connectivity index (χ1n) is 5.69. The van der Waals surface area contributed by atoms with E-state index in [4.69, 9.17) is 5.11 Å². The molecule has 0 atom stereocenters. The van der Waals surface area contributed by atoms with Crippen molar-refractivity contribution in [2.75, 3.05) is 18.0 Å². The Hall–Kier alpha value is -1.76. The number of rotatable bonds is 3. The predicted octanol–water partition coefficient (Wildman–Crippen LogP) is 1.31. The molecule has 3 rings (SSSR count). The maximum atomic E-state index is 10.6. The van der Waals surface area contributed by atoms with Gasteiger partial charge in [0, 0.05) is 19.0 Å². The molecule has 0 aromatic carbocycles. The highest BCUT2D eigenvalue weighted by Gasteiger charge is 2.31. The van der Waals surface area contributed by atoms with Crippen LogP contribution in [0.25, 0.3) is 10.2 Å². The molecule has 0 spiro atoms. The van der Waals surface area contributed by atoms with Gasteiger partial charge in [0.25, 0.3) is 0 Å². The molecule has 0 saturated carbocycles. The topological polar surface area (TPSA) is 79.2 Å². The van der Waals surface area contributed by atoms with Crippen LogP contribution in [-0.4, -0.2) is 38.5 Å². The fraction of sp³-hybridized carbons (Fsp3) is 0.455. The first-order chi connectivity index (χ1) is 8.65. The number of carboxylic acid groups (broad SMARTS) is 1. The number of carboxylic acids is 1. The smallest absolute Gasteiger partial charge is 0.303 e. The summed E-state index contributed by atoms with van der Waals surface area (Å²) in [6, 6.07) is 0. The number of aromatic nitrogens is 3. The van der Waals surface area contributed by atoms with Gasteiger partial charge in [0.05, 0.1) is 17.5 Å². The molecule has 1 N–H and O–H groups in total. The summed E-state index contributed by atoms with van der Waals surface area (Å²) in [5.74, 6) is 0.369. The number of nitrogens with zero attached hydrogens (tertiary/aromatic N) is 4. The van der Waals surface area contributed by atoms with Crippen LogP contribution in [0.3, 0.4) is 0 Å². The van der Waals surface area contributed by atoms with E-state index in [2.05, 4.69) is 19.2 Å². The Balaban J connectivity index is 1.84. The summed E-state index contributed by atoms with van der Waals surface area (Å²) in [7, 11) is 0. The first kappa shape index (κ1) is 11.3. The normalized spacial score (nSPS) is 15.9. The molecule has 0 radical (unpaired) electrons. The summed E-state index contributed by atoms with van der Waals surface area (Å²) in [6.07, 6.45) is 1.77. The molecular formula is C11H12N4O2S. The third-order valence-corrected chi connectivity index (χ3v) is 3.99. The van der Waals surface area contributed by atoms with E-state index in [0.29, 0.717) is 0 Å². The lowest BCUT2D eigenvalue weighted by Crippen LogP contribution is -2.48. The Labute approximate surface area is 107 Å². The summed E-state index contributed by atoms with van der Waals surface area (Å²) in [6.45, 7) is 3.43. The Bertz CT molecular complexity index is 606. The zero-order chi connectivity index (χ0) is 12.7. The van der Waals surface area contributed by atoms with Gasteiger partial charge >= 0.3 is 5.97 Å². The minimum atomic E-state index is -0.735. The van der Waals surface area contributed by atoms with Gasteiger partial charge in [0.2, 0.25) is 0 Å². The number of aliphatic carboxylic acids is 1. The monoisotopic (exact) mass is 264 g/mol. The first-order valence-corrected chi connectivity index (χ1v) is 6.46. The van der Waals surface area contributed by atoms with Gasteiger partial charge in [-0.2, -0.15) is 4.37 Å². The Morgan fingerprint density at radius 3 is 3.06 bits per heavy atom. The van der Waals surface area contributed by atoms with Crippen LogP contribution in [0.15, 0.2) is 6.33 Å². The van der Waals surface area contributed by atoms with Gasteiger partial charge in [0.1, 0.15) is 17.0 Å². The lowest BCUT2D eigenvalue weighted by molar-refractivity contribution is -0.138. The van der Waals surface area contributed by atoms with Crippen LogP contribution in [0, 0.1) is 12.8 Å². The van der Waals surface area contributed by atoms with Crippen molar-refractivity contribution in [2.45, 2.75) is 13.3 Å². The second-order valence-corrected chi connectivity index (χ2v) is 5.27. The SMILES string of the molecule is Cc1nsc2ncnc(N3CC(CC(=O)O)C3)c12. The summed E-state index contributed by atoms with van der Waals surface area (Å²) in [5, 5.41) is 9.73. The summed E-state index contributed by atoms with van der Waals surface area (Å²) >= 11 is 1.37. The van der Waals surface area contributed by atoms with Crippen molar-refractivity contribution in [3.8, 4) is 0 Å². The molecule has 1 aliphatic heterocycles. The van der Waals surface area contributed by atoms with Crippen LogP contribution >= 0.6 is 11.5 Å². The molecular weight excluding hydrogens is 252 g/mol. The molecule has 18 heavy (non-hydrogen) atoms. The standard InChI is InChI=1S/C11H12N4O2S/c1-6-9-10(12-5-13-11(9)18-14-6)15-3-7(4-15)2-8(16)17/h5,7H,2-4H2,1H3,(H,16,17). The van der Waals surface area contributed by atoms with E-state index >= 15 is 0 Å². The Morgan fingerprint density at radius 2 is 2.33 bits per heavy atom. The van der Waals surface area contributed by atoms with Crippen molar-refractivity contribution in [1.82, 2.24) is 14.3 Å². The van der Waals surface area contributed by atoms with Crippen LogP contribution in [0.2, 0.25) is 0 Å². The van der Waals surface area contributed by atoms with Gasteiger partial charge in [-0.1, -0.05) is 0 Å². The highest BCUT2D eigenvalue weighted by atomic mass is 32.1. The minimum absolute atomic E-state index is 0.222. The summed E-state index contributed by atoms with van der Waals surface area (Å²) in [5.41, 5.74) is 0.937. The predicted molar refractivity (Wildman–Crippen MR) is 67.9 cm³/mol. The van der Waals surface area contributed by atoms with Crippen molar-refractivity contribution in [2.24, 2.45) is 5.92 Å². The fourth-order valence-corrected chi connectivity index (χ4v) is 3.00. The lowest BCUT2D eigenvalue weighted by Gasteiger charge is -2.39. The molecule has 2 aromatic rings. The number of aryl methyl sites for hydroxylation is 1. The maximum absolute atomic E-state index is 10.6. The molecule has 0 bridgehead atoms. The lowest BCUT2D eigenvalue weighted by atomic mass is 9.96. The van der Waals surface area contributed by atoms with Gasteiger partial charge in [-0.05, 0) is 18.5 Å². The third kappa shape index (κ3) is 1.80. The van der Waals surface area contributed by atoms with Crippen LogP contribution in [0.4, 0.5) is 5.82 Å². The van der Waals surface area contributed by atoms with Crippen molar-refractivity contribution in [3.63, 3.8) is 0 Å². The molecule has 0 amide bonds. The highest BCUT2D eigenvalue weighted by molar-refractivity contribution is 7.13. The number of hydrogen-bond acceptors (Lipinski definition) is 6. The van der Waals surface area contributed by atoms with Gasteiger partial charge in [0.15, 0.2) is 0 Å². The number of fused-ring (bicyclic) bond motifs is 1. The summed E-state index contributed by atoms with van der Waals surface area (Å²) in [4.78, 5) is 22.1. The van der Waals surface area contributed by atoms with Gasteiger partial charge < -0.3 is 10.0 Å². The van der Waals surface area contributed by atoms with Gasteiger partial charge in [-0.25, -0.2) is 9.97 Å². The maximum Gasteiger partial charge on any atom is 0.303 e. The van der Waals surface area contributed by atoms with Crippen LogP contribution in [-0.2, 0) is 4.79 Å².